The van der Waals surface area contributed by atoms with Gasteiger partial charge in [0.05, 0.1) is 16.2 Å². The van der Waals surface area contributed by atoms with E-state index < -0.39 is 0 Å². The normalized spacial score (nSPS) is 21.0. The van der Waals surface area contributed by atoms with Crippen LogP contribution in [-0.4, -0.2) is 28.0 Å². The molecule has 2 aromatic heterocycles. The highest BCUT2D eigenvalue weighted by Crippen LogP contribution is 2.24. The van der Waals surface area contributed by atoms with Gasteiger partial charge in [0.1, 0.15) is 11.0 Å². The predicted molar refractivity (Wildman–Crippen MR) is 90.2 cm³/mol. The highest BCUT2D eigenvalue weighted by atomic mass is 35.5. The molecule has 0 unspecified atom stereocenters. The Bertz CT molecular complexity index is 666. The van der Waals surface area contributed by atoms with Gasteiger partial charge in [-0.2, -0.15) is 0 Å². The van der Waals surface area contributed by atoms with Crippen LogP contribution >= 0.6 is 22.9 Å². The van der Waals surface area contributed by atoms with Crippen molar-refractivity contribution in [3.63, 3.8) is 0 Å². The Hall–Kier alpha value is -1.66. The molecular weight excluding hydrogens is 334 g/mol. The quantitative estimate of drug-likeness (QED) is 0.913. The van der Waals surface area contributed by atoms with Crippen molar-refractivity contribution in [2.75, 3.05) is 0 Å². The number of nitrogens with one attached hydrogen (secondary N) is 1. The second-order valence-electron chi connectivity index (χ2n) is 5.65. The number of halogens is 1. The van der Waals surface area contributed by atoms with E-state index in [0.717, 1.165) is 31.4 Å². The van der Waals surface area contributed by atoms with Gasteiger partial charge in [-0.15, -0.1) is 11.3 Å². The number of pyridine rings is 1. The van der Waals surface area contributed by atoms with Crippen LogP contribution in [0.1, 0.15) is 41.0 Å². The van der Waals surface area contributed by atoms with Crippen molar-refractivity contribution in [3.8, 4) is 5.88 Å². The third-order valence-corrected chi connectivity index (χ3v) is 5.10. The highest BCUT2D eigenvalue weighted by molar-refractivity contribution is 7.11. The van der Waals surface area contributed by atoms with E-state index in [1.54, 1.807) is 23.8 Å². The molecule has 1 aliphatic carbocycles. The van der Waals surface area contributed by atoms with Crippen LogP contribution in [0.5, 0.6) is 5.88 Å². The SMILES string of the molecule is Cc1ncsc1C(=O)NC1CCC(Oc2ccc(Cl)cn2)CC1. The molecule has 2 aromatic rings. The zero-order chi connectivity index (χ0) is 16.2. The first-order chi connectivity index (χ1) is 11.1. The lowest BCUT2D eigenvalue weighted by atomic mass is 9.93. The monoisotopic (exact) mass is 351 g/mol. The lowest BCUT2D eigenvalue weighted by Gasteiger charge is -2.29. The van der Waals surface area contributed by atoms with Gasteiger partial charge in [-0.05, 0) is 38.7 Å². The number of rotatable bonds is 4. The molecular formula is C16H18ClN3O2S. The smallest absolute Gasteiger partial charge is 0.263 e. The summed E-state index contributed by atoms with van der Waals surface area (Å²) in [4.78, 5) is 21.2. The molecule has 7 heteroatoms. The molecule has 3 rings (SSSR count). The highest BCUT2D eigenvalue weighted by Gasteiger charge is 2.25. The van der Waals surface area contributed by atoms with Crippen LogP contribution < -0.4 is 10.1 Å². The second-order valence-corrected chi connectivity index (χ2v) is 6.94. The Morgan fingerprint density at radius 2 is 2.09 bits per heavy atom. The maximum absolute atomic E-state index is 12.2. The summed E-state index contributed by atoms with van der Waals surface area (Å²) < 4.78 is 5.86. The third kappa shape index (κ3) is 4.20. The lowest BCUT2D eigenvalue weighted by molar-refractivity contribution is 0.0893. The van der Waals surface area contributed by atoms with Crippen LogP contribution in [0, 0.1) is 6.92 Å². The predicted octanol–water partition coefficient (Wildman–Crippen LogP) is 3.62. The fourth-order valence-corrected chi connectivity index (χ4v) is 3.52. The molecule has 1 fully saturated rings. The van der Waals surface area contributed by atoms with Gasteiger partial charge in [0, 0.05) is 18.3 Å². The first-order valence-corrected chi connectivity index (χ1v) is 8.87. The molecule has 0 spiro atoms. The van der Waals surface area contributed by atoms with Gasteiger partial charge < -0.3 is 10.1 Å². The molecule has 5 nitrogen and oxygen atoms in total. The standard InChI is InChI=1S/C16H18ClN3O2S/c1-10-15(23-9-19-10)16(21)20-12-3-5-13(6-4-12)22-14-7-2-11(17)8-18-14/h2,7-9,12-13H,3-6H2,1H3,(H,20,21). The van der Waals surface area contributed by atoms with E-state index in [-0.39, 0.29) is 18.1 Å². The number of hydrogen-bond donors (Lipinski definition) is 1. The van der Waals surface area contributed by atoms with E-state index in [4.69, 9.17) is 16.3 Å². The average Bonchev–Trinajstić information content (AvgIpc) is 2.98. The Balaban J connectivity index is 1.48. The average molecular weight is 352 g/mol. The van der Waals surface area contributed by atoms with Gasteiger partial charge in [0.15, 0.2) is 0 Å². The van der Waals surface area contributed by atoms with Crippen LogP contribution in [0.2, 0.25) is 5.02 Å². The van der Waals surface area contributed by atoms with Crippen LogP contribution in [0.4, 0.5) is 0 Å². The molecule has 122 valence electrons. The zero-order valence-corrected chi connectivity index (χ0v) is 14.4. The number of hydrogen-bond acceptors (Lipinski definition) is 5. The summed E-state index contributed by atoms with van der Waals surface area (Å²) in [5.41, 5.74) is 2.49. The molecule has 0 bridgehead atoms. The number of carbonyl (C=O) groups excluding carboxylic acids is 1. The van der Waals surface area contributed by atoms with E-state index in [2.05, 4.69) is 15.3 Å². The number of amides is 1. The van der Waals surface area contributed by atoms with Crippen LogP contribution in [0.25, 0.3) is 0 Å². The Morgan fingerprint density at radius 3 is 2.70 bits per heavy atom. The lowest BCUT2D eigenvalue weighted by Crippen LogP contribution is -2.39. The van der Waals surface area contributed by atoms with E-state index in [0.29, 0.717) is 15.8 Å². The van der Waals surface area contributed by atoms with Gasteiger partial charge in [-0.1, -0.05) is 11.6 Å². The minimum atomic E-state index is -0.0197. The molecule has 0 aromatic carbocycles. The topological polar surface area (TPSA) is 64.1 Å². The van der Waals surface area contributed by atoms with Gasteiger partial charge >= 0.3 is 0 Å². The van der Waals surface area contributed by atoms with Gasteiger partial charge in [-0.25, -0.2) is 9.97 Å². The fraction of sp³-hybridized carbons (Fsp3) is 0.438. The van der Waals surface area contributed by atoms with Crippen LogP contribution in [-0.2, 0) is 0 Å². The third-order valence-electron chi connectivity index (χ3n) is 3.95. The first kappa shape index (κ1) is 16.2. The van der Waals surface area contributed by atoms with Crippen molar-refractivity contribution in [1.82, 2.24) is 15.3 Å². The molecule has 0 saturated heterocycles. The summed E-state index contributed by atoms with van der Waals surface area (Å²) in [6.07, 6.45) is 5.33. The molecule has 0 aliphatic heterocycles. The van der Waals surface area contributed by atoms with Crippen molar-refractivity contribution in [3.05, 3.63) is 39.4 Å². The van der Waals surface area contributed by atoms with Gasteiger partial charge in [0.25, 0.3) is 5.91 Å². The minimum absolute atomic E-state index is 0.0197. The first-order valence-electron chi connectivity index (χ1n) is 7.61. The largest absolute Gasteiger partial charge is 0.474 e. The number of ether oxygens (including phenoxy) is 1. The molecule has 1 amide bonds. The summed E-state index contributed by atoms with van der Waals surface area (Å²) in [6.45, 7) is 1.86. The maximum atomic E-state index is 12.2. The molecule has 23 heavy (non-hydrogen) atoms. The van der Waals surface area contributed by atoms with Gasteiger partial charge in [-0.3, -0.25) is 4.79 Å². The summed E-state index contributed by atoms with van der Waals surface area (Å²) >= 11 is 7.20. The molecule has 1 N–H and O–H groups in total. The summed E-state index contributed by atoms with van der Waals surface area (Å²) in [5, 5.41) is 3.70. The van der Waals surface area contributed by atoms with Crippen LogP contribution in [0.3, 0.4) is 0 Å². The number of carbonyl (C=O) groups is 1. The van der Waals surface area contributed by atoms with Gasteiger partial charge in [0.2, 0.25) is 5.88 Å². The van der Waals surface area contributed by atoms with Crippen molar-refractivity contribution >= 4 is 28.8 Å². The fourth-order valence-electron chi connectivity index (χ4n) is 2.70. The van der Waals surface area contributed by atoms with Crippen molar-refractivity contribution < 1.29 is 9.53 Å². The molecule has 1 aliphatic rings. The Kier molecular flexibility index (Phi) is 5.13. The summed E-state index contributed by atoms with van der Waals surface area (Å²) in [6, 6.07) is 3.75. The number of nitrogens with zero attached hydrogens (tertiary/aromatic N) is 2. The van der Waals surface area contributed by atoms with Crippen LogP contribution in [0.15, 0.2) is 23.8 Å². The molecule has 0 radical (unpaired) electrons. The number of thiazole rings is 1. The summed E-state index contributed by atoms with van der Waals surface area (Å²) in [7, 11) is 0. The van der Waals surface area contributed by atoms with Crippen molar-refractivity contribution in [2.45, 2.75) is 44.8 Å². The number of aryl methyl sites for hydroxylation is 1. The molecule has 1 saturated carbocycles. The number of aromatic nitrogens is 2. The van der Waals surface area contributed by atoms with E-state index in [9.17, 15) is 4.79 Å². The van der Waals surface area contributed by atoms with E-state index in [1.165, 1.54) is 11.3 Å². The molecule has 2 heterocycles. The maximum Gasteiger partial charge on any atom is 0.263 e. The van der Waals surface area contributed by atoms with Crippen molar-refractivity contribution in [2.24, 2.45) is 0 Å². The van der Waals surface area contributed by atoms with E-state index >= 15 is 0 Å². The molecule has 0 atom stereocenters. The Labute approximate surface area is 144 Å². The zero-order valence-electron chi connectivity index (χ0n) is 12.8. The summed E-state index contributed by atoms with van der Waals surface area (Å²) in [5.74, 6) is 0.580. The second kappa shape index (κ2) is 7.27. The van der Waals surface area contributed by atoms with Crippen molar-refractivity contribution in [1.29, 1.82) is 0 Å². The minimum Gasteiger partial charge on any atom is -0.474 e. The van der Waals surface area contributed by atoms with E-state index in [1.807, 2.05) is 6.92 Å². The Morgan fingerprint density at radius 1 is 1.30 bits per heavy atom.